The second kappa shape index (κ2) is 5.79. The highest BCUT2D eigenvalue weighted by atomic mass is 32.1. The molecule has 4 nitrogen and oxygen atoms in total. The van der Waals surface area contributed by atoms with E-state index in [-0.39, 0.29) is 11.9 Å². The molecule has 1 fully saturated rings. The molecule has 0 spiro atoms. The summed E-state index contributed by atoms with van der Waals surface area (Å²) in [5.41, 5.74) is 1.15. The summed E-state index contributed by atoms with van der Waals surface area (Å²) in [5.74, 6) is 0.163. The van der Waals surface area contributed by atoms with Gasteiger partial charge in [0.05, 0.1) is 17.1 Å². The molecule has 1 atom stereocenters. The second-order valence-electron chi connectivity index (χ2n) is 5.29. The predicted octanol–water partition coefficient (Wildman–Crippen LogP) is 3.24. The molecule has 2 aromatic rings. The predicted molar refractivity (Wildman–Crippen MR) is 79.8 cm³/mol. The number of nitrogens with zero attached hydrogens (tertiary/aromatic N) is 3. The van der Waals surface area contributed by atoms with Gasteiger partial charge in [-0.25, -0.2) is 0 Å². The lowest BCUT2D eigenvalue weighted by atomic mass is 10.0. The third-order valence-electron chi connectivity index (χ3n) is 3.86. The number of aryl methyl sites for hydroxylation is 1. The first-order valence-electron chi connectivity index (χ1n) is 7.09. The van der Waals surface area contributed by atoms with Crippen molar-refractivity contribution >= 4 is 17.2 Å². The first kappa shape index (κ1) is 13.4. The fourth-order valence-electron chi connectivity index (χ4n) is 2.85. The van der Waals surface area contributed by atoms with Crippen LogP contribution in [0.2, 0.25) is 0 Å². The Bertz CT molecular complexity index is 576. The number of carbonyl (C=O) groups excluding carboxylic acids is 1. The number of amides is 1. The van der Waals surface area contributed by atoms with Crippen LogP contribution < -0.4 is 0 Å². The highest BCUT2D eigenvalue weighted by Crippen LogP contribution is 2.31. The Morgan fingerprint density at radius 1 is 1.40 bits per heavy atom. The van der Waals surface area contributed by atoms with Crippen LogP contribution in [-0.4, -0.2) is 27.1 Å². The van der Waals surface area contributed by atoms with Crippen molar-refractivity contribution < 1.29 is 4.79 Å². The number of rotatable bonds is 2. The molecule has 0 aliphatic carbocycles. The van der Waals surface area contributed by atoms with Crippen molar-refractivity contribution in [2.24, 2.45) is 7.05 Å². The van der Waals surface area contributed by atoms with Gasteiger partial charge in [0.1, 0.15) is 0 Å². The van der Waals surface area contributed by atoms with Crippen LogP contribution in [0.1, 0.15) is 47.0 Å². The van der Waals surface area contributed by atoms with Crippen molar-refractivity contribution in [1.82, 2.24) is 14.7 Å². The number of hydrogen-bond donors (Lipinski definition) is 0. The zero-order valence-electron chi connectivity index (χ0n) is 11.7. The van der Waals surface area contributed by atoms with E-state index in [2.05, 4.69) is 5.10 Å². The van der Waals surface area contributed by atoms with Crippen LogP contribution >= 0.6 is 11.3 Å². The summed E-state index contributed by atoms with van der Waals surface area (Å²) in [5, 5.41) is 6.22. The van der Waals surface area contributed by atoms with E-state index in [1.807, 2.05) is 46.5 Å². The quantitative estimate of drug-likeness (QED) is 0.851. The Morgan fingerprint density at radius 3 is 3.00 bits per heavy atom. The van der Waals surface area contributed by atoms with Gasteiger partial charge >= 0.3 is 0 Å². The maximum absolute atomic E-state index is 12.7. The van der Waals surface area contributed by atoms with E-state index in [9.17, 15) is 4.79 Å². The molecule has 1 unspecified atom stereocenters. The normalized spacial score (nSPS) is 19.9. The highest BCUT2D eigenvalue weighted by Gasteiger charge is 2.28. The molecule has 1 aliphatic rings. The van der Waals surface area contributed by atoms with Gasteiger partial charge in [0.15, 0.2) is 0 Å². The Morgan fingerprint density at radius 2 is 2.30 bits per heavy atom. The van der Waals surface area contributed by atoms with Gasteiger partial charge in [0.25, 0.3) is 5.91 Å². The monoisotopic (exact) mass is 289 g/mol. The summed E-state index contributed by atoms with van der Waals surface area (Å²) in [6, 6.07) is 4.02. The zero-order valence-corrected chi connectivity index (χ0v) is 12.5. The average Bonchev–Trinajstić information content (AvgIpc) is 3.05. The fourth-order valence-corrected chi connectivity index (χ4v) is 3.53. The minimum absolute atomic E-state index is 0.163. The Labute approximate surface area is 123 Å². The highest BCUT2D eigenvalue weighted by molar-refractivity contribution is 7.12. The van der Waals surface area contributed by atoms with Gasteiger partial charge in [-0.1, -0.05) is 18.9 Å². The van der Waals surface area contributed by atoms with E-state index in [0.29, 0.717) is 0 Å². The smallest absolute Gasteiger partial charge is 0.264 e. The van der Waals surface area contributed by atoms with Crippen molar-refractivity contribution in [1.29, 1.82) is 0 Å². The molecule has 20 heavy (non-hydrogen) atoms. The number of carbonyl (C=O) groups is 1. The summed E-state index contributed by atoms with van der Waals surface area (Å²) >= 11 is 1.52. The standard InChI is InChI=1S/C15H19N3OS/c1-17-11-12(10-16-17)13-6-3-2-4-8-18(13)15(19)14-7-5-9-20-14/h5,7,9-11,13H,2-4,6,8H2,1H3. The largest absolute Gasteiger partial charge is 0.331 e. The SMILES string of the molecule is Cn1cc(C2CCCCCN2C(=O)c2cccs2)cn1. The number of hydrogen-bond acceptors (Lipinski definition) is 3. The van der Waals surface area contributed by atoms with Crippen molar-refractivity contribution in [2.45, 2.75) is 31.7 Å². The van der Waals surface area contributed by atoms with E-state index in [0.717, 1.165) is 29.8 Å². The average molecular weight is 289 g/mol. The molecule has 106 valence electrons. The van der Waals surface area contributed by atoms with Crippen LogP contribution in [0.15, 0.2) is 29.9 Å². The first-order chi connectivity index (χ1) is 9.75. The summed E-state index contributed by atoms with van der Waals surface area (Å²) in [6.07, 6.45) is 8.42. The maximum Gasteiger partial charge on any atom is 0.264 e. The Balaban J connectivity index is 1.89. The number of likely N-dealkylation sites (tertiary alicyclic amines) is 1. The van der Waals surface area contributed by atoms with Crippen LogP contribution in [0.3, 0.4) is 0 Å². The molecular weight excluding hydrogens is 270 g/mol. The molecule has 1 saturated heterocycles. The van der Waals surface area contributed by atoms with E-state index >= 15 is 0 Å². The lowest BCUT2D eigenvalue weighted by Gasteiger charge is -2.29. The van der Waals surface area contributed by atoms with Crippen LogP contribution in [0.4, 0.5) is 0 Å². The van der Waals surface area contributed by atoms with Crippen molar-refractivity contribution in [3.8, 4) is 0 Å². The molecular formula is C15H19N3OS. The van der Waals surface area contributed by atoms with Gasteiger partial charge in [0.2, 0.25) is 0 Å². The minimum Gasteiger partial charge on any atom is -0.331 e. The summed E-state index contributed by atoms with van der Waals surface area (Å²) in [4.78, 5) is 15.6. The third-order valence-corrected chi connectivity index (χ3v) is 4.71. The Hall–Kier alpha value is -1.62. The Kier molecular flexibility index (Phi) is 3.87. The van der Waals surface area contributed by atoms with Gasteiger partial charge in [-0.15, -0.1) is 11.3 Å². The molecule has 2 aromatic heterocycles. The lowest BCUT2D eigenvalue weighted by molar-refractivity contribution is 0.0686. The van der Waals surface area contributed by atoms with Crippen LogP contribution in [0.25, 0.3) is 0 Å². The molecule has 0 radical (unpaired) electrons. The van der Waals surface area contributed by atoms with Gasteiger partial charge in [0, 0.05) is 25.4 Å². The zero-order chi connectivity index (χ0) is 13.9. The maximum atomic E-state index is 12.7. The van der Waals surface area contributed by atoms with Gasteiger partial charge in [-0.05, 0) is 24.3 Å². The van der Waals surface area contributed by atoms with Crippen molar-refractivity contribution in [3.05, 3.63) is 40.3 Å². The van der Waals surface area contributed by atoms with E-state index < -0.39 is 0 Å². The molecule has 5 heteroatoms. The summed E-state index contributed by atoms with van der Waals surface area (Å²) < 4.78 is 1.81. The molecule has 0 N–H and O–H groups in total. The lowest BCUT2D eigenvalue weighted by Crippen LogP contribution is -2.34. The molecule has 0 bridgehead atoms. The summed E-state index contributed by atoms with van der Waals surface area (Å²) in [6.45, 7) is 0.844. The molecule has 3 rings (SSSR count). The van der Waals surface area contributed by atoms with Crippen molar-refractivity contribution in [2.75, 3.05) is 6.54 Å². The molecule has 1 aliphatic heterocycles. The fraction of sp³-hybridized carbons (Fsp3) is 0.467. The van der Waals surface area contributed by atoms with Crippen LogP contribution in [0.5, 0.6) is 0 Å². The van der Waals surface area contributed by atoms with Crippen LogP contribution in [-0.2, 0) is 7.05 Å². The van der Waals surface area contributed by atoms with Gasteiger partial charge in [-0.3, -0.25) is 9.48 Å². The topological polar surface area (TPSA) is 38.1 Å². The van der Waals surface area contributed by atoms with E-state index in [1.165, 1.54) is 24.2 Å². The van der Waals surface area contributed by atoms with Crippen LogP contribution in [0, 0.1) is 0 Å². The van der Waals surface area contributed by atoms with Crippen molar-refractivity contribution in [3.63, 3.8) is 0 Å². The molecule has 3 heterocycles. The van der Waals surface area contributed by atoms with E-state index in [1.54, 1.807) is 0 Å². The van der Waals surface area contributed by atoms with Gasteiger partial charge < -0.3 is 4.90 Å². The molecule has 1 amide bonds. The van der Waals surface area contributed by atoms with Gasteiger partial charge in [-0.2, -0.15) is 5.10 Å². The molecule has 0 aromatic carbocycles. The minimum atomic E-state index is 0.163. The molecule has 0 saturated carbocycles. The number of thiophene rings is 1. The number of aromatic nitrogens is 2. The third kappa shape index (κ3) is 2.63. The second-order valence-corrected chi connectivity index (χ2v) is 6.24. The first-order valence-corrected chi connectivity index (χ1v) is 7.96. The summed E-state index contributed by atoms with van der Waals surface area (Å²) in [7, 11) is 1.92. The van der Waals surface area contributed by atoms with E-state index in [4.69, 9.17) is 0 Å².